The second-order valence-electron chi connectivity index (χ2n) is 5.53. The van der Waals surface area contributed by atoms with Gasteiger partial charge in [-0.2, -0.15) is 0 Å². The number of carboxylic acid groups (broad SMARTS) is 1. The van der Waals surface area contributed by atoms with E-state index in [0.29, 0.717) is 6.42 Å². The van der Waals surface area contributed by atoms with Gasteiger partial charge in [0.2, 0.25) is 0 Å². The summed E-state index contributed by atoms with van der Waals surface area (Å²) in [6.07, 6.45) is 3.67. The molecular formula is C19H22O2. The van der Waals surface area contributed by atoms with Gasteiger partial charge in [-0.3, -0.25) is 4.79 Å². The van der Waals surface area contributed by atoms with E-state index in [9.17, 15) is 9.90 Å². The molecule has 2 aromatic rings. The van der Waals surface area contributed by atoms with E-state index in [4.69, 9.17) is 0 Å². The van der Waals surface area contributed by atoms with E-state index in [1.807, 2.05) is 49.4 Å². The highest BCUT2D eigenvalue weighted by Crippen LogP contribution is 2.23. The molecule has 2 nitrogen and oxygen atoms in total. The van der Waals surface area contributed by atoms with Crippen LogP contribution in [-0.2, 0) is 11.2 Å². The molecule has 2 heteroatoms. The van der Waals surface area contributed by atoms with Gasteiger partial charge in [0.15, 0.2) is 0 Å². The average molecular weight is 282 g/mol. The van der Waals surface area contributed by atoms with Gasteiger partial charge >= 0.3 is 5.97 Å². The fourth-order valence-corrected chi connectivity index (χ4v) is 2.55. The first kappa shape index (κ1) is 15.3. The minimum atomic E-state index is -0.724. The van der Waals surface area contributed by atoms with Crippen LogP contribution in [0.2, 0.25) is 0 Å². The average Bonchev–Trinajstić information content (AvgIpc) is 2.49. The minimum Gasteiger partial charge on any atom is -0.481 e. The van der Waals surface area contributed by atoms with E-state index in [-0.39, 0.29) is 5.92 Å². The maximum Gasteiger partial charge on any atom is 0.310 e. The largest absolute Gasteiger partial charge is 0.481 e. The molecule has 0 aliphatic rings. The first-order valence-corrected chi connectivity index (χ1v) is 7.50. The molecule has 0 aliphatic heterocycles. The summed E-state index contributed by atoms with van der Waals surface area (Å²) in [6.45, 7) is 2.01. The summed E-state index contributed by atoms with van der Waals surface area (Å²) in [5.74, 6) is -1.11. The van der Waals surface area contributed by atoms with Gasteiger partial charge in [0.1, 0.15) is 0 Å². The van der Waals surface area contributed by atoms with Crippen LogP contribution in [0.3, 0.4) is 0 Å². The molecule has 1 atom stereocenters. The fourth-order valence-electron chi connectivity index (χ4n) is 2.55. The van der Waals surface area contributed by atoms with Gasteiger partial charge in [-0.25, -0.2) is 0 Å². The summed E-state index contributed by atoms with van der Waals surface area (Å²) in [7, 11) is 0. The van der Waals surface area contributed by atoms with Gasteiger partial charge in [-0.1, -0.05) is 66.6 Å². The van der Waals surface area contributed by atoms with Crippen LogP contribution in [0.5, 0.6) is 0 Å². The number of unbranched alkanes of at least 4 members (excludes halogenated alkanes) is 1. The van der Waals surface area contributed by atoms with E-state index in [2.05, 4.69) is 12.1 Å². The van der Waals surface area contributed by atoms with Gasteiger partial charge in [0.05, 0.1) is 5.92 Å². The summed E-state index contributed by atoms with van der Waals surface area (Å²) >= 11 is 0. The Balaban J connectivity index is 1.86. The lowest BCUT2D eigenvalue weighted by molar-refractivity contribution is -0.139. The van der Waals surface area contributed by atoms with Crippen molar-refractivity contribution in [2.45, 2.75) is 38.5 Å². The first-order chi connectivity index (χ1) is 10.2. The Morgan fingerprint density at radius 1 is 1.00 bits per heavy atom. The van der Waals surface area contributed by atoms with Gasteiger partial charge in [-0.05, 0) is 37.3 Å². The van der Waals surface area contributed by atoms with Crippen molar-refractivity contribution in [3.8, 4) is 0 Å². The Kier molecular flexibility index (Phi) is 5.56. The molecule has 2 aromatic carbocycles. The molecule has 21 heavy (non-hydrogen) atoms. The zero-order valence-corrected chi connectivity index (χ0v) is 12.5. The Morgan fingerprint density at radius 3 is 2.29 bits per heavy atom. The van der Waals surface area contributed by atoms with Crippen molar-refractivity contribution in [3.63, 3.8) is 0 Å². The monoisotopic (exact) mass is 282 g/mol. The van der Waals surface area contributed by atoms with Crippen LogP contribution < -0.4 is 0 Å². The van der Waals surface area contributed by atoms with Crippen molar-refractivity contribution >= 4 is 5.97 Å². The first-order valence-electron chi connectivity index (χ1n) is 7.50. The molecule has 0 amide bonds. The van der Waals surface area contributed by atoms with Crippen molar-refractivity contribution in [3.05, 3.63) is 71.3 Å². The van der Waals surface area contributed by atoms with E-state index >= 15 is 0 Å². The molecular weight excluding hydrogens is 260 g/mol. The Hall–Kier alpha value is -2.09. The normalized spacial score (nSPS) is 12.0. The summed E-state index contributed by atoms with van der Waals surface area (Å²) in [4.78, 5) is 11.4. The van der Waals surface area contributed by atoms with Gasteiger partial charge in [-0.15, -0.1) is 0 Å². The van der Waals surface area contributed by atoms with Crippen LogP contribution in [0.15, 0.2) is 54.6 Å². The van der Waals surface area contributed by atoms with Crippen molar-refractivity contribution < 1.29 is 9.90 Å². The third-order valence-electron chi connectivity index (χ3n) is 3.83. The number of hydrogen-bond acceptors (Lipinski definition) is 1. The van der Waals surface area contributed by atoms with Gasteiger partial charge < -0.3 is 5.11 Å². The third-order valence-corrected chi connectivity index (χ3v) is 3.83. The Morgan fingerprint density at radius 2 is 1.67 bits per heavy atom. The third kappa shape index (κ3) is 4.75. The number of carbonyl (C=O) groups is 1. The molecule has 1 unspecified atom stereocenters. The van der Waals surface area contributed by atoms with Crippen molar-refractivity contribution in [2.24, 2.45) is 0 Å². The maximum absolute atomic E-state index is 11.4. The van der Waals surface area contributed by atoms with E-state index in [1.54, 1.807) is 0 Å². The highest BCUT2D eigenvalue weighted by atomic mass is 16.4. The molecule has 0 bridgehead atoms. The quantitative estimate of drug-likeness (QED) is 0.755. The molecule has 0 aliphatic carbocycles. The molecule has 0 saturated carbocycles. The molecule has 110 valence electrons. The standard InChI is InChI=1S/C19H22O2/c1-15-11-13-17(14-12-15)18(19(20)21)10-6-5-9-16-7-3-2-4-8-16/h2-4,7-8,11-14,18H,5-6,9-10H2,1H3,(H,20,21). The van der Waals surface area contributed by atoms with Crippen LogP contribution >= 0.6 is 0 Å². The molecule has 0 spiro atoms. The number of aliphatic carboxylic acids is 1. The molecule has 1 N–H and O–H groups in total. The summed E-state index contributed by atoms with van der Waals surface area (Å²) in [5.41, 5.74) is 3.39. The Labute approximate surface area is 126 Å². The van der Waals surface area contributed by atoms with Crippen LogP contribution in [-0.4, -0.2) is 11.1 Å². The number of aryl methyl sites for hydroxylation is 2. The summed E-state index contributed by atoms with van der Waals surface area (Å²) in [5, 5.41) is 9.41. The predicted octanol–water partition coefficient (Wildman–Crippen LogP) is 4.58. The van der Waals surface area contributed by atoms with Crippen molar-refractivity contribution in [2.75, 3.05) is 0 Å². The minimum absolute atomic E-state index is 0.388. The van der Waals surface area contributed by atoms with E-state index < -0.39 is 5.97 Å². The lowest BCUT2D eigenvalue weighted by atomic mass is 9.92. The fraction of sp³-hybridized carbons (Fsp3) is 0.316. The van der Waals surface area contributed by atoms with E-state index in [0.717, 1.165) is 30.4 Å². The van der Waals surface area contributed by atoms with E-state index in [1.165, 1.54) is 5.56 Å². The predicted molar refractivity (Wildman–Crippen MR) is 85.6 cm³/mol. The lowest BCUT2D eigenvalue weighted by Gasteiger charge is -2.13. The second-order valence-corrected chi connectivity index (χ2v) is 5.53. The lowest BCUT2D eigenvalue weighted by Crippen LogP contribution is -2.11. The SMILES string of the molecule is Cc1ccc(C(CCCCc2ccccc2)C(=O)O)cc1. The summed E-state index contributed by atoms with van der Waals surface area (Å²) in [6, 6.07) is 18.2. The van der Waals surface area contributed by atoms with Gasteiger partial charge in [0, 0.05) is 0 Å². The summed E-state index contributed by atoms with van der Waals surface area (Å²) < 4.78 is 0. The molecule has 0 saturated heterocycles. The molecule has 0 heterocycles. The zero-order chi connectivity index (χ0) is 15.1. The zero-order valence-electron chi connectivity index (χ0n) is 12.5. The number of rotatable bonds is 7. The van der Waals surface area contributed by atoms with Crippen LogP contribution in [0, 0.1) is 6.92 Å². The highest BCUT2D eigenvalue weighted by molar-refractivity contribution is 5.76. The van der Waals surface area contributed by atoms with Crippen LogP contribution in [0.1, 0.15) is 41.9 Å². The number of benzene rings is 2. The van der Waals surface area contributed by atoms with Crippen molar-refractivity contribution in [1.29, 1.82) is 0 Å². The van der Waals surface area contributed by atoms with Crippen LogP contribution in [0.25, 0.3) is 0 Å². The topological polar surface area (TPSA) is 37.3 Å². The van der Waals surface area contributed by atoms with Crippen molar-refractivity contribution in [1.82, 2.24) is 0 Å². The Bertz CT molecular complexity index is 558. The maximum atomic E-state index is 11.4. The molecule has 2 rings (SSSR count). The molecule has 0 aromatic heterocycles. The van der Waals surface area contributed by atoms with Crippen LogP contribution in [0.4, 0.5) is 0 Å². The smallest absolute Gasteiger partial charge is 0.310 e. The number of carboxylic acids is 1. The molecule has 0 fully saturated rings. The van der Waals surface area contributed by atoms with Gasteiger partial charge in [0.25, 0.3) is 0 Å². The highest BCUT2D eigenvalue weighted by Gasteiger charge is 2.18. The second kappa shape index (κ2) is 7.63. The molecule has 0 radical (unpaired) electrons. The number of hydrogen-bond donors (Lipinski definition) is 1.